The van der Waals surface area contributed by atoms with E-state index in [4.69, 9.17) is 16.3 Å². The lowest BCUT2D eigenvalue weighted by molar-refractivity contribution is -0.147. The highest BCUT2D eigenvalue weighted by atomic mass is 35.5. The van der Waals surface area contributed by atoms with Crippen molar-refractivity contribution in [2.45, 2.75) is 13.3 Å². The fourth-order valence-electron chi connectivity index (χ4n) is 2.84. The first kappa shape index (κ1) is 19.0. The van der Waals surface area contributed by atoms with E-state index < -0.39 is 30.1 Å². The molecule has 0 bridgehead atoms. The summed E-state index contributed by atoms with van der Waals surface area (Å²) in [6.07, 6.45) is 0.00900. The highest BCUT2D eigenvalue weighted by molar-refractivity contribution is 6.31. The predicted molar refractivity (Wildman–Crippen MR) is 98.3 cm³/mol. The number of hydrogen-bond acceptors (Lipinski definition) is 4. The van der Waals surface area contributed by atoms with Gasteiger partial charge < -0.3 is 9.64 Å². The molecule has 0 aliphatic carbocycles. The zero-order valence-corrected chi connectivity index (χ0v) is 15.3. The van der Waals surface area contributed by atoms with Crippen LogP contribution in [0.5, 0.6) is 0 Å². The topological polar surface area (TPSA) is 63.7 Å². The maximum Gasteiger partial charge on any atom is 0.311 e. The monoisotopic (exact) mass is 389 g/mol. The second-order valence-corrected chi connectivity index (χ2v) is 6.78. The van der Waals surface area contributed by atoms with E-state index in [0.717, 1.165) is 17.7 Å². The molecule has 5 nitrogen and oxygen atoms in total. The molecule has 1 saturated heterocycles. The lowest BCUT2D eigenvalue weighted by Crippen LogP contribution is -2.27. The number of amides is 1. The van der Waals surface area contributed by atoms with E-state index in [0.29, 0.717) is 10.7 Å². The molecule has 140 valence electrons. The summed E-state index contributed by atoms with van der Waals surface area (Å²) < 4.78 is 17.9. The van der Waals surface area contributed by atoms with Gasteiger partial charge >= 0.3 is 5.97 Å². The molecule has 0 N–H and O–H groups in total. The zero-order valence-electron chi connectivity index (χ0n) is 14.6. The fraction of sp³-hybridized carbons (Fsp3) is 0.250. The average Bonchev–Trinajstić information content (AvgIpc) is 3.04. The summed E-state index contributed by atoms with van der Waals surface area (Å²) in [5.74, 6) is -2.36. The summed E-state index contributed by atoms with van der Waals surface area (Å²) in [4.78, 5) is 38.0. The number of ketones is 1. The number of anilines is 1. The largest absolute Gasteiger partial charge is 0.457 e. The van der Waals surface area contributed by atoms with E-state index in [1.54, 1.807) is 18.2 Å². The van der Waals surface area contributed by atoms with E-state index in [9.17, 15) is 18.8 Å². The van der Waals surface area contributed by atoms with Gasteiger partial charge in [-0.05, 0) is 48.9 Å². The molecule has 1 aliphatic heterocycles. The molecule has 0 radical (unpaired) electrons. The number of aryl methyl sites for hydroxylation is 1. The average molecular weight is 390 g/mol. The van der Waals surface area contributed by atoms with Crippen LogP contribution in [0.4, 0.5) is 10.1 Å². The summed E-state index contributed by atoms with van der Waals surface area (Å²) in [7, 11) is 0. The molecule has 1 amide bonds. The molecule has 3 rings (SSSR count). The SMILES string of the molecule is Cc1ccc(N2C[C@@H](C(=O)OCC(=O)c3ccc(F)cc3)CC2=O)cc1Cl. The minimum atomic E-state index is -0.654. The number of ether oxygens (including phenoxy) is 1. The van der Waals surface area contributed by atoms with Crippen LogP contribution in [0.15, 0.2) is 42.5 Å². The van der Waals surface area contributed by atoms with Crippen molar-refractivity contribution in [3.63, 3.8) is 0 Å². The maximum absolute atomic E-state index is 12.9. The van der Waals surface area contributed by atoms with Gasteiger partial charge in [0, 0.05) is 29.2 Å². The highest BCUT2D eigenvalue weighted by Crippen LogP contribution is 2.29. The molecule has 0 spiro atoms. The van der Waals surface area contributed by atoms with Gasteiger partial charge in [-0.25, -0.2) is 4.39 Å². The third-order valence-electron chi connectivity index (χ3n) is 4.44. The van der Waals surface area contributed by atoms with Gasteiger partial charge in [0.15, 0.2) is 12.4 Å². The van der Waals surface area contributed by atoms with Crippen molar-refractivity contribution in [2.75, 3.05) is 18.1 Å². The molecule has 0 unspecified atom stereocenters. The molecule has 1 atom stereocenters. The predicted octanol–water partition coefficient (Wildman–Crippen LogP) is 3.57. The first-order chi connectivity index (χ1) is 12.8. The van der Waals surface area contributed by atoms with E-state index in [2.05, 4.69) is 0 Å². The molecule has 1 aliphatic rings. The molecule has 1 heterocycles. The Labute approximate surface area is 160 Å². The second kappa shape index (κ2) is 7.88. The normalized spacial score (nSPS) is 16.5. The lowest BCUT2D eigenvalue weighted by atomic mass is 10.1. The van der Waals surface area contributed by atoms with Crippen molar-refractivity contribution in [2.24, 2.45) is 5.92 Å². The number of hydrogen-bond donors (Lipinski definition) is 0. The van der Waals surface area contributed by atoms with Crippen LogP contribution in [0.25, 0.3) is 0 Å². The highest BCUT2D eigenvalue weighted by Gasteiger charge is 2.36. The van der Waals surface area contributed by atoms with E-state index in [-0.39, 0.29) is 24.4 Å². The summed E-state index contributed by atoms with van der Waals surface area (Å²) in [5, 5.41) is 0.538. The summed E-state index contributed by atoms with van der Waals surface area (Å²) in [6.45, 7) is 1.57. The number of carbonyl (C=O) groups is 3. The molecule has 7 heteroatoms. The van der Waals surface area contributed by atoms with Gasteiger partial charge in [-0.2, -0.15) is 0 Å². The molecule has 27 heavy (non-hydrogen) atoms. The standard InChI is InChI=1S/C20H17ClFNO4/c1-12-2-7-16(9-17(12)21)23-10-14(8-19(23)25)20(26)27-11-18(24)13-3-5-15(22)6-4-13/h2-7,9,14H,8,10-11H2,1H3/t14-/m0/s1. The minimum Gasteiger partial charge on any atom is -0.457 e. The van der Waals surface area contributed by atoms with Crippen LogP contribution in [0, 0.1) is 18.7 Å². The van der Waals surface area contributed by atoms with E-state index in [1.165, 1.54) is 17.0 Å². The Bertz CT molecular complexity index is 897. The summed E-state index contributed by atoms with van der Waals surface area (Å²) in [6, 6.07) is 10.2. The zero-order chi connectivity index (χ0) is 19.6. The maximum atomic E-state index is 12.9. The number of rotatable bonds is 5. The molecular formula is C20H17ClFNO4. The molecule has 2 aromatic carbocycles. The number of halogens is 2. The number of Topliss-reactive ketones (excluding diaryl/α,β-unsaturated/α-hetero) is 1. The van der Waals surface area contributed by atoms with Crippen molar-refractivity contribution in [3.05, 3.63) is 64.4 Å². The number of carbonyl (C=O) groups excluding carboxylic acids is 3. The third-order valence-corrected chi connectivity index (χ3v) is 4.84. The summed E-state index contributed by atoms with van der Waals surface area (Å²) in [5.41, 5.74) is 1.76. The van der Waals surface area contributed by atoms with Crippen LogP contribution in [0.1, 0.15) is 22.3 Å². The van der Waals surface area contributed by atoms with Crippen LogP contribution >= 0.6 is 11.6 Å². The number of nitrogens with zero attached hydrogens (tertiary/aromatic N) is 1. The smallest absolute Gasteiger partial charge is 0.311 e. The Kier molecular flexibility index (Phi) is 5.56. The third kappa shape index (κ3) is 4.34. The van der Waals surface area contributed by atoms with Crippen molar-refractivity contribution in [1.29, 1.82) is 0 Å². The van der Waals surface area contributed by atoms with Gasteiger partial charge in [-0.1, -0.05) is 17.7 Å². The molecular weight excluding hydrogens is 373 g/mol. The Morgan fingerprint density at radius 2 is 1.93 bits per heavy atom. The first-order valence-corrected chi connectivity index (χ1v) is 8.75. The van der Waals surface area contributed by atoms with Gasteiger partial charge in [0.25, 0.3) is 0 Å². The van der Waals surface area contributed by atoms with Crippen LogP contribution in [-0.4, -0.2) is 30.8 Å². The second-order valence-electron chi connectivity index (χ2n) is 6.38. The van der Waals surface area contributed by atoms with E-state index in [1.807, 2.05) is 6.92 Å². The Morgan fingerprint density at radius 3 is 2.59 bits per heavy atom. The van der Waals surface area contributed by atoms with Gasteiger partial charge in [0.1, 0.15) is 5.82 Å². The minimum absolute atomic E-state index is 0.00900. The van der Waals surface area contributed by atoms with Crippen LogP contribution < -0.4 is 4.90 Å². The van der Waals surface area contributed by atoms with Crippen molar-refractivity contribution < 1.29 is 23.5 Å². The number of esters is 1. The van der Waals surface area contributed by atoms with Crippen LogP contribution in [0.3, 0.4) is 0 Å². The molecule has 1 fully saturated rings. The quantitative estimate of drug-likeness (QED) is 0.579. The Hall–Kier alpha value is -2.73. The van der Waals surface area contributed by atoms with Crippen LogP contribution in [0.2, 0.25) is 5.02 Å². The molecule has 0 saturated carbocycles. The van der Waals surface area contributed by atoms with Gasteiger partial charge in [-0.15, -0.1) is 0 Å². The molecule has 0 aromatic heterocycles. The van der Waals surface area contributed by atoms with Gasteiger partial charge in [0.2, 0.25) is 5.91 Å². The fourth-order valence-corrected chi connectivity index (χ4v) is 3.01. The Balaban J connectivity index is 1.59. The number of benzene rings is 2. The Morgan fingerprint density at radius 1 is 1.22 bits per heavy atom. The van der Waals surface area contributed by atoms with Gasteiger partial charge in [-0.3, -0.25) is 14.4 Å². The summed E-state index contributed by atoms with van der Waals surface area (Å²) >= 11 is 6.10. The van der Waals surface area contributed by atoms with Crippen molar-refractivity contribution in [3.8, 4) is 0 Å². The lowest BCUT2D eigenvalue weighted by Gasteiger charge is -2.17. The van der Waals surface area contributed by atoms with E-state index >= 15 is 0 Å². The first-order valence-electron chi connectivity index (χ1n) is 8.37. The van der Waals surface area contributed by atoms with Gasteiger partial charge in [0.05, 0.1) is 5.92 Å². The van der Waals surface area contributed by atoms with Crippen molar-refractivity contribution in [1.82, 2.24) is 0 Å². The van der Waals surface area contributed by atoms with Crippen molar-refractivity contribution >= 4 is 34.9 Å². The van der Waals surface area contributed by atoms with Crippen LogP contribution in [-0.2, 0) is 14.3 Å². The molecule has 2 aromatic rings.